The highest BCUT2D eigenvalue weighted by Gasteiger charge is 1.89. The van der Waals surface area contributed by atoms with Gasteiger partial charge in [-0.15, -0.1) is 0 Å². The second-order valence-electron chi connectivity index (χ2n) is 1.27. The molecular weight excluding hydrogens is 203 g/mol. The van der Waals surface area contributed by atoms with Crippen LogP contribution in [0.3, 0.4) is 0 Å². The fraction of sp³-hybridized carbons (Fsp3) is 0.600. The number of hydrogen-bond donors (Lipinski definition) is 1. The summed E-state index contributed by atoms with van der Waals surface area (Å²) in [6.45, 7) is 2.08. The molecule has 1 unspecified atom stereocenters. The van der Waals surface area contributed by atoms with Crippen LogP contribution in [0.2, 0.25) is 0 Å². The molecule has 0 bridgehead atoms. The third kappa shape index (κ3) is 4.12. The first kappa shape index (κ1) is 7.27. The molecule has 0 aliphatic rings. The van der Waals surface area contributed by atoms with Gasteiger partial charge in [-0.05, 0) is 12.5 Å². The highest BCUT2D eigenvalue weighted by atomic mass is 127. The van der Waals surface area contributed by atoms with Gasteiger partial charge in [0.25, 0.3) is 0 Å². The number of aliphatic hydroxyl groups excluding tert-OH is 1. The van der Waals surface area contributed by atoms with E-state index in [1.165, 1.54) is 0 Å². The van der Waals surface area contributed by atoms with Crippen molar-refractivity contribution in [2.45, 2.75) is 17.3 Å². The van der Waals surface area contributed by atoms with E-state index in [1.807, 2.05) is 0 Å². The SMILES string of the molecule is CCC(I)C=CO. The molecule has 0 amide bonds. The van der Waals surface area contributed by atoms with Crippen molar-refractivity contribution in [3.63, 3.8) is 0 Å². The number of hydrogen-bond acceptors (Lipinski definition) is 1. The Morgan fingerprint density at radius 1 is 1.86 bits per heavy atom. The molecule has 0 aromatic carbocycles. The predicted octanol–water partition coefficient (Wildman–Crippen LogP) is 2.27. The van der Waals surface area contributed by atoms with Crippen molar-refractivity contribution in [3.8, 4) is 0 Å². The van der Waals surface area contributed by atoms with Crippen LogP contribution in [0.4, 0.5) is 0 Å². The van der Waals surface area contributed by atoms with Crippen molar-refractivity contribution in [1.82, 2.24) is 0 Å². The molecule has 0 aliphatic carbocycles. The van der Waals surface area contributed by atoms with Crippen LogP contribution in [0.5, 0.6) is 0 Å². The molecule has 0 rings (SSSR count). The first-order valence-corrected chi connectivity index (χ1v) is 3.50. The molecule has 7 heavy (non-hydrogen) atoms. The van der Waals surface area contributed by atoms with Crippen LogP contribution < -0.4 is 0 Å². The first-order valence-electron chi connectivity index (χ1n) is 2.26. The zero-order valence-corrected chi connectivity index (χ0v) is 6.42. The summed E-state index contributed by atoms with van der Waals surface area (Å²) >= 11 is 2.26. The molecule has 0 saturated carbocycles. The maximum atomic E-state index is 8.18. The molecule has 0 aliphatic heterocycles. The van der Waals surface area contributed by atoms with E-state index < -0.39 is 0 Å². The lowest BCUT2D eigenvalue weighted by Crippen LogP contribution is -1.85. The van der Waals surface area contributed by atoms with Gasteiger partial charge in [-0.3, -0.25) is 0 Å². The first-order chi connectivity index (χ1) is 3.31. The van der Waals surface area contributed by atoms with Gasteiger partial charge in [-0.2, -0.15) is 0 Å². The van der Waals surface area contributed by atoms with Gasteiger partial charge in [0.15, 0.2) is 0 Å². The van der Waals surface area contributed by atoms with Crippen molar-refractivity contribution in [2.24, 2.45) is 0 Å². The van der Waals surface area contributed by atoms with Crippen molar-refractivity contribution in [2.75, 3.05) is 0 Å². The second kappa shape index (κ2) is 4.43. The Morgan fingerprint density at radius 3 is 2.57 bits per heavy atom. The van der Waals surface area contributed by atoms with Gasteiger partial charge in [-0.25, -0.2) is 0 Å². The van der Waals surface area contributed by atoms with Crippen LogP contribution in [0.25, 0.3) is 0 Å². The Bertz CT molecular complexity index is 61.1. The quantitative estimate of drug-likeness (QED) is 0.423. The van der Waals surface area contributed by atoms with Gasteiger partial charge in [0.1, 0.15) is 0 Å². The van der Waals surface area contributed by atoms with Gasteiger partial charge in [-0.1, -0.05) is 29.5 Å². The lowest BCUT2D eigenvalue weighted by molar-refractivity contribution is 0.471. The molecular formula is C5H9IO. The van der Waals surface area contributed by atoms with Gasteiger partial charge < -0.3 is 5.11 Å². The van der Waals surface area contributed by atoms with Crippen LogP contribution in [0.1, 0.15) is 13.3 Å². The second-order valence-corrected chi connectivity index (χ2v) is 2.87. The summed E-state index contributed by atoms with van der Waals surface area (Å²) in [4.78, 5) is 0. The molecule has 0 aromatic rings. The summed E-state index contributed by atoms with van der Waals surface area (Å²) in [5.74, 6) is 0. The average Bonchev–Trinajstić information content (AvgIpc) is 1.68. The lowest BCUT2D eigenvalue weighted by Gasteiger charge is -1.92. The third-order valence-electron chi connectivity index (χ3n) is 0.685. The van der Waals surface area contributed by atoms with E-state index in [0.717, 1.165) is 12.7 Å². The zero-order chi connectivity index (χ0) is 5.70. The van der Waals surface area contributed by atoms with Crippen molar-refractivity contribution in [1.29, 1.82) is 0 Å². The van der Waals surface area contributed by atoms with E-state index >= 15 is 0 Å². The summed E-state index contributed by atoms with van der Waals surface area (Å²) in [5.41, 5.74) is 0. The molecule has 1 atom stereocenters. The molecule has 0 spiro atoms. The van der Waals surface area contributed by atoms with Crippen LogP contribution >= 0.6 is 22.6 Å². The van der Waals surface area contributed by atoms with E-state index in [2.05, 4.69) is 29.5 Å². The highest BCUT2D eigenvalue weighted by Crippen LogP contribution is 2.04. The minimum absolute atomic E-state index is 0.489. The molecule has 2 heteroatoms. The van der Waals surface area contributed by atoms with Crippen molar-refractivity contribution in [3.05, 3.63) is 12.3 Å². The normalized spacial score (nSPS) is 15.1. The Hall–Kier alpha value is 0.270. The van der Waals surface area contributed by atoms with Gasteiger partial charge in [0, 0.05) is 3.92 Å². The van der Waals surface area contributed by atoms with E-state index in [1.54, 1.807) is 6.08 Å². The van der Waals surface area contributed by atoms with Crippen LogP contribution in [-0.4, -0.2) is 9.03 Å². The smallest absolute Gasteiger partial charge is 0.0762 e. The lowest BCUT2D eigenvalue weighted by atomic mass is 10.3. The average molecular weight is 212 g/mol. The Kier molecular flexibility index (Phi) is 4.60. The van der Waals surface area contributed by atoms with Crippen LogP contribution in [-0.2, 0) is 0 Å². The summed E-state index contributed by atoms with van der Waals surface area (Å²) in [6, 6.07) is 0. The molecule has 0 fully saturated rings. The van der Waals surface area contributed by atoms with Crippen LogP contribution in [0, 0.1) is 0 Å². The number of alkyl halides is 1. The maximum absolute atomic E-state index is 8.18. The topological polar surface area (TPSA) is 20.2 Å². The monoisotopic (exact) mass is 212 g/mol. The largest absolute Gasteiger partial charge is 0.516 e. The Labute approximate surface area is 57.6 Å². The van der Waals surface area contributed by atoms with Gasteiger partial charge in [0.2, 0.25) is 0 Å². The maximum Gasteiger partial charge on any atom is 0.0762 e. The molecule has 1 nitrogen and oxygen atoms in total. The molecule has 0 radical (unpaired) electrons. The van der Waals surface area contributed by atoms with Crippen molar-refractivity contribution >= 4 is 22.6 Å². The summed E-state index contributed by atoms with van der Waals surface area (Å²) < 4.78 is 0.489. The number of aliphatic hydroxyl groups is 1. The Balaban J connectivity index is 3.16. The van der Waals surface area contributed by atoms with Gasteiger partial charge >= 0.3 is 0 Å². The molecule has 0 saturated heterocycles. The number of rotatable bonds is 2. The molecule has 0 heterocycles. The summed E-state index contributed by atoms with van der Waals surface area (Å²) in [5, 5.41) is 8.18. The highest BCUT2D eigenvalue weighted by molar-refractivity contribution is 14.1. The van der Waals surface area contributed by atoms with E-state index in [4.69, 9.17) is 5.11 Å². The minimum atomic E-state index is 0.489. The summed E-state index contributed by atoms with van der Waals surface area (Å²) in [6.07, 6.45) is 3.94. The molecule has 42 valence electrons. The fourth-order valence-electron chi connectivity index (χ4n) is 0.229. The minimum Gasteiger partial charge on any atom is -0.516 e. The number of allylic oxidation sites excluding steroid dienone is 1. The summed E-state index contributed by atoms with van der Waals surface area (Å²) in [7, 11) is 0. The van der Waals surface area contributed by atoms with E-state index in [0.29, 0.717) is 3.92 Å². The standard InChI is InChI=1S/C5H9IO/c1-2-5(6)3-4-7/h3-5,7H,2H2,1H3. The van der Waals surface area contributed by atoms with Crippen LogP contribution in [0.15, 0.2) is 12.3 Å². The van der Waals surface area contributed by atoms with Crippen molar-refractivity contribution < 1.29 is 5.11 Å². The predicted molar refractivity (Wildman–Crippen MR) is 39.9 cm³/mol. The molecule has 0 aromatic heterocycles. The molecule has 1 N–H and O–H groups in total. The van der Waals surface area contributed by atoms with E-state index in [-0.39, 0.29) is 0 Å². The Morgan fingerprint density at radius 2 is 2.43 bits per heavy atom. The third-order valence-corrected chi connectivity index (χ3v) is 1.98. The fourth-order valence-corrected chi connectivity index (χ4v) is 0.415. The van der Waals surface area contributed by atoms with E-state index in [9.17, 15) is 0 Å². The number of halogens is 1. The zero-order valence-electron chi connectivity index (χ0n) is 4.26. The van der Waals surface area contributed by atoms with Gasteiger partial charge in [0.05, 0.1) is 6.26 Å².